The Kier molecular flexibility index (Phi) is 5.93. The van der Waals surface area contributed by atoms with Crippen molar-refractivity contribution in [3.05, 3.63) is 65.7 Å². The van der Waals surface area contributed by atoms with Gasteiger partial charge in [-0.15, -0.1) is 0 Å². The number of nitrogens with zero attached hydrogens (tertiary/aromatic N) is 2. The van der Waals surface area contributed by atoms with Crippen LogP contribution in [0.4, 0.5) is 10.5 Å². The summed E-state index contributed by atoms with van der Waals surface area (Å²) in [4.78, 5) is 40.7. The number of benzene rings is 2. The molecule has 2 saturated heterocycles. The lowest BCUT2D eigenvalue weighted by molar-refractivity contribution is -0.138. The monoisotopic (exact) mass is 421 g/mol. The van der Waals surface area contributed by atoms with Crippen molar-refractivity contribution in [3.8, 4) is 0 Å². The number of para-hydroxylation sites is 1. The lowest BCUT2D eigenvalue weighted by atomic mass is 9.71. The number of β-lactam (4-membered cyclic amide) rings is 1. The minimum atomic E-state index is -0.350. The van der Waals surface area contributed by atoms with E-state index in [0.29, 0.717) is 44.6 Å². The minimum absolute atomic E-state index is 0.129. The summed E-state index contributed by atoms with van der Waals surface area (Å²) < 4.78 is 4.97. The standard InChI is InChI=1S/C24H27N3O4/c1-2-31-21(28)19-10-8-18(9-11-19)16-25-23(30)26-14-12-24(13-15-26)17-27(22(24)29)20-6-4-3-5-7-20/h3-11H,2,12-17H2,1H3,(H,25,30). The first-order valence-electron chi connectivity index (χ1n) is 10.7. The number of esters is 1. The van der Waals surface area contributed by atoms with Crippen LogP contribution in [0.25, 0.3) is 0 Å². The Morgan fingerprint density at radius 1 is 1.03 bits per heavy atom. The summed E-state index contributed by atoms with van der Waals surface area (Å²) in [5, 5.41) is 2.93. The molecule has 1 N–H and O–H groups in total. The number of nitrogens with one attached hydrogen (secondary N) is 1. The number of anilines is 1. The number of ether oxygens (including phenoxy) is 1. The summed E-state index contributed by atoms with van der Waals surface area (Å²) in [6, 6.07) is 16.6. The molecule has 2 aliphatic rings. The fraction of sp³-hybridized carbons (Fsp3) is 0.375. The molecule has 4 rings (SSSR count). The van der Waals surface area contributed by atoms with Gasteiger partial charge in [-0.1, -0.05) is 30.3 Å². The van der Waals surface area contributed by atoms with Crippen LogP contribution in [0.5, 0.6) is 0 Å². The van der Waals surface area contributed by atoms with E-state index in [1.54, 1.807) is 24.0 Å². The van der Waals surface area contributed by atoms with Crippen molar-refractivity contribution in [3.63, 3.8) is 0 Å². The van der Waals surface area contributed by atoms with Gasteiger partial charge in [0.25, 0.3) is 0 Å². The molecule has 3 amide bonds. The van der Waals surface area contributed by atoms with Crippen LogP contribution in [0, 0.1) is 5.41 Å². The Bertz CT molecular complexity index is 951. The second-order valence-corrected chi connectivity index (χ2v) is 8.07. The van der Waals surface area contributed by atoms with Crippen molar-refractivity contribution in [1.29, 1.82) is 0 Å². The SMILES string of the molecule is CCOC(=O)c1ccc(CNC(=O)N2CCC3(CC2)CN(c2ccccc2)C3=O)cc1. The normalized spacial score (nSPS) is 17.3. The fourth-order valence-corrected chi connectivity index (χ4v) is 4.23. The van der Waals surface area contributed by atoms with E-state index in [1.165, 1.54) is 0 Å². The molecule has 7 nitrogen and oxygen atoms in total. The van der Waals surface area contributed by atoms with E-state index in [2.05, 4.69) is 5.32 Å². The Hall–Kier alpha value is -3.35. The summed E-state index contributed by atoms with van der Waals surface area (Å²) >= 11 is 0. The maximum atomic E-state index is 12.8. The number of rotatable bonds is 5. The zero-order valence-corrected chi connectivity index (χ0v) is 17.7. The first-order chi connectivity index (χ1) is 15.0. The third-order valence-corrected chi connectivity index (χ3v) is 6.14. The van der Waals surface area contributed by atoms with Gasteiger partial charge in [-0.2, -0.15) is 0 Å². The first-order valence-corrected chi connectivity index (χ1v) is 10.7. The molecule has 2 aromatic carbocycles. The van der Waals surface area contributed by atoms with Crippen LogP contribution in [0.2, 0.25) is 0 Å². The van der Waals surface area contributed by atoms with Gasteiger partial charge in [0.05, 0.1) is 17.6 Å². The van der Waals surface area contributed by atoms with Gasteiger partial charge in [-0.05, 0) is 49.6 Å². The number of carbonyl (C=O) groups is 3. The molecule has 0 aromatic heterocycles. The van der Waals surface area contributed by atoms with Crippen LogP contribution in [0.3, 0.4) is 0 Å². The van der Waals surface area contributed by atoms with Gasteiger partial charge in [-0.3, -0.25) is 4.79 Å². The molecule has 2 aliphatic heterocycles. The zero-order valence-electron chi connectivity index (χ0n) is 17.7. The highest BCUT2D eigenvalue weighted by Crippen LogP contribution is 2.43. The second-order valence-electron chi connectivity index (χ2n) is 8.07. The maximum absolute atomic E-state index is 12.8. The second kappa shape index (κ2) is 8.79. The molecule has 0 bridgehead atoms. The lowest BCUT2D eigenvalue weighted by Gasteiger charge is -2.52. The van der Waals surface area contributed by atoms with Crippen molar-refractivity contribution in [1.82, 2.24) is 10.2 Å². The van der Waals surface area contributed by atoms with Gasteiger partial charge < -0.3 is 19.9 Å². The van der Waals surface area contributed by atoms with Crippen molar-refractivity contribution in [2.24, 2.45) is 5.41 Å². The molecule has 2 heterocycles. The van der Waals surface area contributed by atoms with E-state index in [1.807, 2.05) is 47.4 Å². The van der Waals surface area contributed by atoms with Gasteiger partial charge in [0.1, 0.15) is 0 Å². The highest BCUT2D eigenvalue weighted by atomic mass is 16.5. The van der Waals surface area contributed by atoms with Crippen molar-refractivity contribution >= 4 is 23.6 Å². The summed E-state index contributed by atoms with van der Waals surface area (Å²) in [6.07, 6.45) is 1.38. The molecular weight excluding hydrogens is 394 g/mol. The van der Waals surface area contributed by atoms with E-state index in [0.717, 1.165) is 17.8 Å². The van der Waals surface area contributed by atoms with Crippen LogP contribution in [-0.4, -0.2) is 49.0 Å². The van der Waals surface area contributed by atoms with Crippen LogP contribution in [0.1, 0.15) is 35.7 Å². The Balaban J connectivity index is 1.25. The predicted octanol–water partition coefficient (Wildman–Crippen LogP) is 3.20. The summed E-state index contributed by atoms with van der Waals surface area (Å²) in [5.74, 6) is -0.183. The highest BCUT2D eigenvalue weighted by Gasteiger charge is 2.53. The molecule has 162 valence electrons. The largest absolute Gasteiger partial charge is 0.462 e. The van der Waals surface area contributed by atoms with E-state index in [-0.39, 0.29) is 23.3 Å². The Morgan fingerprint density at radius 3 is 2.32 bits per heavy atom. The molecule has 1 spiro atoms. The number of amides is 3. The van der Waals surface area contributed by atoms with E-state index in [4.69, 9.17) is 4.74 Å². The topological polar surface area (TPSA) is 79.0 Å². The molecule has 7 heteroatoms. The van der Waals surface area contributed by atoms with Gasteiger partial charge in [0, 0.05) is 31.9 Å². The van der Waals surface area contributed by atoms with Gasteiger partial charge >= 0.3 is 12.0 Å². The molecule has 2 fully saturated rings. The summed E-state index contributed by atoms with van der Waals surface area (Å²) in [6.45, 7) is 4.35. The van der Waals surface area contributed by atoms with Crippen LogP contribution < -0.4 is 10.2 Å². The third kappa shape index (κ3) is 4.26. The smallest absolute Gasteiger partial charge is 0.338 e. The van der Waals surface area contributed by atoms with Crippen LogP contribution >= 0.6 is 0 Å². The summed E-state index contributed by atoms with van der Waals surface area (Å²) in [5.41, 5.74) is 2.01. The summed E-state index contributed by atoms with van der Waals surface area (Å²) in [7, 11) is 0. The van der Waals surface area contributed by atoms with Gasteiger partial charge in [0.15, 0.2) is 0 Å². The van der Waals surface area contributed by atoms with E-state index >= 15 is 0 Å². The van der Waals surface area contributed by atoms with Crippen molar-refractivity contribution < 1.29 is 19.1 Å². The average Bonchev–Trinajstić information content (AvgIpc) is 2.82. The Morgan fingerprint density at radius 2 is 1.71 bits per heavy atom. The number of carbonyl (C=O) groups excluding carboxylic acids is 3. The highest BCUT2D eigenvalue weighted by molar-refractivity contribution is 6.04. The number of hydrogen-bond donors (Lipinski definition) is 1. The third-order valence-electron chi connectivity index (χ3n) is 6.14. The number of hydrogen-bond acceptors (Lipinski definition) is 4. The fourth-order valence-electron chi connectivity index (χ4n) is 4.23. The zero-order chi connectivity index (χ0) is 21.8. The molecule has 2 aromatic rings. The number of piperidine rings is 1. The van der Waals surface area contributed by atoms with Gasteiger partial charge in [0.2, 0.25) is 5.91 Å². The minimum Gasteiger partial charge on any atom is -0.462 e. The van der Waals surface area contributed by atoms with E-state index < -0.39 is 0 Å². The van der Waals surface area contributed by atoms with E-state index in [9.17, 15) is 14.4 Å². The molecule has 31 heavy (non-hydrogen) atoms. The average molecular weight is 421 g/mol. The predicted molar refractivity (Wildman–Crippen MR) is 117 cm³/mol. The molecule has 0 aliphatic carbocycles. The molecule has 0 radical (unpaired) electrons. The maximum Gasteiger partial charge on any atom is 0.338 e. The molecule has 0 unspecified atom stereocenters. The van der Waals surface area contributed by atoms with Crippen molar-refractivity contribution in [2.45, 2.75) is 26.3 Å². The molecular formula is C24H27N3O4. The van der Waals surface area contributed by atoms with Crippen LogP contribution in [0.15, 0.2) is 54.6 Å². The number of likely N-dealkylation sites (tertiary alicyclic amines) is 1. The quantitative estimate of drug-likeness (QED) is 0.594. The Labute approximate surface area is 182 Å². The lowest BCUT2D eigenvalue weighted by Crippen LogP contribution is -2.65. The van der Waals surface area contributed by atoms with Crippen LogP contribution in [-0.2, 0) is 16.1 Å². The molecule has 0 atom stereocenters. The molecule has 0 saturated carbocycles. The first kappa shape index (κ1) is 20.9. The van der Waals surface area contributed by atoms with Crippen molar-refractivity contribution in [2.75, 3.05) is 31.1 Å². The van der Waals surface area contributed by atoms with Gasteiger partial charge in [-0.25, -0.2) is 9.59 Å². The number of urea groups is 1.